The minimum atomic E-state index is 0.546. The van der Waals surface area contributed by atoms with Crippen molar-refractivity contribution in [2.24, 2.45) is 0 Å². The van der Waals surface area contributed by atoms with Crippen molar-refractivity contribution >= 4 is 0 Å². The van der Waals surface area contributed by atoms with Gasteiger partial charge in [-0.15, -0.1) is 0 Å². The van der Waals surface area contributed by atoms with Crippen LogP contribution in [0, 0.1) is 11.3 Å². The Morgan fingerprint density at radius 2 is 2.29 bits per heavy atom. The fraction of sp³-hybridized carbons (Fsp3) is 0.500. The molecule has 0 bridgehead atoms. The zero-order chi connectivity index (χ0) is 12.1. The topological polar surface area (TPSA) is 36.3 Å². The molecule has 17 heavy (non-hydrogen) atoms. The highest BCUT2D eigenvalue weighted by molar-refractivity contribution is 5.37. The van der Waals surface area contributed by atoms with Crippen molar-refractivity contribution in [2.75, 3.05) is 26.7 Å². The first-order valence-corrected chi connectivity index (χ1v) is 6.07. The molecule has 2 rings (SSSR count). The van der Waals surface area contributed by atoms with Gasteiger partial charge in [0.1, 0.15) is 5.75 Å². The van der Waals surface area contributed by atoms with Crippen LogP contribution in [0.15, 0.2) is 24.3 Å². The number of hydrogen-bond acceptors (Lipinski definition) is 3. The Labute approximate surface area is 103 Å². The molecule has 1 heterocycles. The second-order valence-electron chi connectivity index (χ2n) is 4.44. The molecule has 1 unspecified atom stereocenters. The van der Waals surface area contributed by atoms with Crippen LogP contribution >= 0.6 is 0 Å². The summed E-state index contributed by atoms with van der Waals surface area (Å²) in [6.45, 7) is 3.02. The van der Waals surface area contributed by atoms with Gasteiger partial charge in [-0.05, 0) is 24.6 Å². The Bertz CT molecular complexity index is 411. The van der Waals surface area contributed by atoms with Gasteiger partial charge in [-0.25, -0.2) is 0 Å². The quantitative estimate of drug-likeness (QED) is 0.797. The summed E-state index contributed by atoms with van der Waals surface area (Å²) in [5, 5.41) is 8.60. The lowest BCUT2D eigenvalue weighted by Crippen LogP contribution is -2.21. The minimum absolute atomic E-state index is 0.546. The number of ether oxygens (including phenoxy) is 1. The highest BCUT2D eigenvalue weighted by Crippen LogP contribution is 2.33. The van der Waals surface area contributed by atoms with Gasteiger partial charge in [0.25, 0.3) is 0 Å². The van der Waals surface area contributed by atoms with Gasteiger partial charge >= 0.3 is 0 Å². The van der Waals surface area contributed by atoms with Crippen molar-refractivity contribution in [3.8, 4) is 11.8 Å². The van der Waals surface area contributed by atoms with Crippen LogP contribution in [0.2, 0.25) is 0 Å². The average Bonchev–Trinajstić information content (AvgIpc) is 2.85. The highest BCUT2D eigenvalue weighted by Gasteiger charge is 2.25. The maximum atomic E-state index is 8.60. The van der Waals surface area contributed by atoms with Crippen molar-refractivity contribution in [1.82, 2.24) is 4.90 Å². The van der Waals surface area contributed by atoms with Gasteiger partial charge < -0.3 is 9.64 Å². The van der Waals surface area contributed by atoms with Crippen molar-refractivity contribution < 1.29 is 4.74 Å². The Kier molecular flexibility index (Phi) is 4.00. The normalized spacial score (nSPS) is 20.1. The average molecular weight is 230 g/mol. The fourth-order valence-corrected chi connectivity index (χ4v) is 2.50. The molecule has 1 fully saturated rings. The van der Waals surface area contributed by atoms with Gasteiger partial charge in [-0.1, -0.05) is 18.2 Å². The van der Waals surface area contributed by atoms with Crippen LogP contribution in [-0.2, 0) is 0 Å². The van der Waals surface area contributed by atoms with Crippen LogP contribution in [-0.4, -0.2) is 31.6 Å². The lowest BCUT2D eigenvalue weighted by molar-refractivity contribution is 0.341. The third kappa shape index (κ3) is 2.78. The molecule has 0 spiro atoms. The molecule has 1 aliphatic heterocycles. The molecule has 0 aliphatic carbocycles. The molecule has 0 amide bonds. The minimum Gasteiger partial charge on any atom is -0.496 e. The van der Waals surface area contributed by atoms with Crippen LogP contribution in [0.3, 0.4) is 0 Å². The molecule has 3 heteroatoms. The van der Waals surface area contributed by atoms with Crippen molar-refractivity contribution in [3.63, 3.8) is 0 Å². The van der Waals surface area contributed by atoms with E-state index in [1.54, 1.807) is 7.11 Å². The number of nitrogens with zero attached hydrogens (tertiary/aromatic N) is 2. The summed E-state index contributed by atoms with van der Waals surface area (Å²) in [6.07, 6.45) is 1.78. The van der Waals surface area contributed by atoms with Gasteiger partial charge in [-0.2, -0.15) is 5.26 Å². The zero-order valence-corrected chi connectivity index (χ0v) is 10.2. The number of rotatable bonds is 4. The molecule has 1 aromatic carbocycles. The predicted octanol–water partition coefficient (Wildman–Crippen LogP) is 2.40. The Morgan fingerprint density at radius 1 is 1.47 bits per heavy atom. The monoisotopic (exact) mass is 230 g/mol. The van der Waals surface area contributed by atoms with Crippen LogP contribution in [0.5, 0.6) is 5.75 Å². The van der Waals surface area contributed by atoms with E-state index in [9.17, 15) is 0 Å². The zero-order valence-electron chi connectivity index (χ0n) is 10.2. The SMILES string of the molecule is COc1ccccc1C1CCN(CCC#N)C1. The van der Waals surface area contributed by atoms with E-state index < -0.39 is 0 Å². The summed E-state index contributed by atoms with van der Waals surface area (Å²) >= 11 is 0. The van der Waals surface area contributed by atoms with Gasteiger partial charge in [0.2, 0.25) is 0 Å². The Balaban J connectivity index is 2.02. The van der Waals surface area contributed by atoms with E-state index in [0.717, 1.165) is 31.8 Å². The lowest BCUT2D eigenvalue weighted by atomic mass is 9.97. The number of likely N-dealkylation sites (tertiary alicyclic amines) is 1. The second kappa shape index (κ2) is 5.70. The molecular weight excluding hydrogens is 212 g/mol. The van der Waals surface area contributed by atoms with Crippen LogP contribution in [0.4, 0.5) is 0 Å². The van der Waals surface area contributed by atoms with E-state index in [1.807, 2.05) is 12.1 Å². The van der Waals surface area contributed by atoms with E-state index in [2.05, 4.69) is 23.1 Å². The molecule has 1 aromatic rings. The number of benzene rings is 1. The lowest BCUT2D eigenvalue weighted by Gasteiger charge is -2.16. The maximum Gasteiger partial charge on any atom is 0.122 e. The molecule has 0 aromatic heterocycles. The third-order valence-electron chi connectivity index (χ3n) is 3.39. The number of hydrogen-bond donors (Lipinski definition) is 0. The molecule has 0 saturated carbocycles. The molecule has 0 N–H and O–H groups in total. The first-order chi connectivity index (χ1) is 8.35. The number of para-hydroxylation sites is 1. The molecule has 1 aliphatic rings. The Hall–Kier alpha value is -1.53. The summed E-state index contributed by atoms with van der Waals surface area (Å²) < 4.78 is 5.40. The Morgan fingerprint density at radius 3 is 3.06 bits per heavy atom. The first kappa shape index (κ1) is 11.9. The summed E-state index contributed by atoms with van der Waals surface area (Å²) in [6, 6.07) is 10.4. The standard InChI is InChI=1S/C14H18N2O/c1-17-14-6-3-2-5-13(14)12-7-10-16(11-12)9-4-8-15/h2-3,5-6,12H,4,7,9-11H2,1H3. The summed E-state index contributed by atoms with van der Waals surface area (Å²) in [4.78, 5) is 2.36. The maximum absolute atomic E-state index is 8.60. The summed E-state index contributed by atoms with van der Waals surface area (Å²) in [5.41, 5.74) is 1.30. The molecule has 0 radical (unpaired) electrons. The van der Waals surface area contributed by atoms with Crippen molar-refractivity contribution in [1.29, 1.82) is 5.26 Å². The van der Waals surface area contributed by atoms with E-state index in [-0.39, 0.29) is 0 Å². The van der Waals surface area contributed by atoms with E-state index in [4.69, 9.17) is 10.00 Å². The van der Waals surface area contributed by atoms with Crippen molar-refractivity contribution in [2.45, 2.75) is 18.8 Å². The molecular formula is C14H18N2O. The van der Waals surface area contributed by atoms with E-state index in [1.165, 1.54) is 5.56 Å². The van der Waals surface area contributed by atoms with Crippen LogP contribution in [0.1, 0.15) is 24.3 Å². The number of nitriles is 1. The van der Waals surface area contributed by atoms with E-state index >= 15 is 0 Å². The fourth-order valence-electron chi connectivity index (χ4n) is 2.50. The van der Waals surface area contributed by atoms with Crippen LogP contribution in [0.25, 0.3) is 0 Å². The van der Waals surface area contributed by atoms with Gasteiger partial charge in [0.15, 0.2) is 0 Å². The highest BCUT2D eigenvalue weighted by atomic mass is 16.5. The van der Waals surface area contributed by atoms with Gasteiger partial charge in [-0.3, -0.25) is 0 Å². The number of methoxy groups -OCH3 is 1. The van der Waals surface area contributed by atoms with Crippen LogP contribution < -0.4 is 4.74 Å². The summed E-state index contributed by atoms with van der Waals surface area (Å²) in [7, 11) is 1.72. The largest absolute Gasteiger partial charge is 0.496 e. The second-order valence-corrected chi connectivity index (χ2v) is 4.44. The molecule has 1 saturated heterocycles. The smallest absolute Gasteiger partial charge is 0.122 e. The third-order valence-corrected chi connectivity index (χ3v) is 3.39. The predicted molar refractivity (Wildman–Crippen MR) is 67.0 cm³/mol. The molecule has 90 valence electrons. The van der Waals surface area contributed by atoms with E-state index in [0.29, 0.717) is 12.3 Å². The molecule has 3 nitrogen and oxygen atoms in total. The first-order valence-electron chi connectivity index (χ1n) is 6.07. The van der Waals surface area contributed by atoms with Gasteiger partial charge in [0, 0.05) is 25.4 Å². The molecule has 1 atom stereocenters. The van der Waals surface area contributed by atoms with Crippen molar-refractivity contribution in [3.05, 3.63) is 29.8 Å². The summed E-state index contributed by atoms with van der Waals surface area (Å²) in [5.74, 6) is 1.53. The van der Waals surface area contributed by atoms with Gasteiger partial charge in [0.05, 0.1) is 13.2 Å².